The van der Waals surface area contributed by atoms with E-state index in [1.807, 2.05) is 6.92 Å². The van der Waals surface area contributed by atoms with E-state index in [0.717, 1.165) is 6.42 Å². The maximum Gasteiger partial charge on any atom is 0.244 e. The summed E-state index contributed by atoms with van der Waals surface area (Å²) in [4.78, 5) is 25.9. The van der Waals surface area contributed by atoms with Crippen LogP contribution in [0.5, 0.6) is 0 Å². The number of nitrogens with one attached hydrogen (secondary N) is 1. The third-order valence-electron chi connectivity index (χ3n) is 2.84. The number of benzene rings is 1. The van der Waals surface area contributed by atoms with Gasteiger partial charge in [0.1, 0.15) is 0 Å². The van der Waals surface area contributed by atoms with Crippen LogP contribution >= 0.6 is 35.0 Å². The Balaban J connectivity index is 2.64. The van der Waals surface area contributed by atoms with Crippen LogP contribution in [-0.2, 0) is 9.59 Å². The largest absolute Gasteiger partial charge is 0.333 e. The lowest BCUT2D eigenvalue weighted by molar-refractivity contribution is -0.132. The summed E-state index contributed by atoms with van der Waals surface area (Å²) in [7, 11) is 0. The summed E-state index contributed by atoms with van der Waals surface area (Å²) < 4.78 is 0. The molecule has 4 nitrogen and oxygen atoms in total. The molecule has 0 saturated heterocycles. The van der Waals surface area contributed by atoms with Gasteiger partial charge < -0.3 is 10.2 Å². The number of rotatable bonds is 9. The Hall–Kier alpha value is -1.17. The van der Waals surface area contributed by atoms with Crippen molar-refractivity contribution in [1.29, 1.82) is 0 Å². The molecule has 0 aliphatic heterocycles. The Bertz CT molecular complexity index is 567. The molecule has 0 bridgehead atoms. The Morgan fingerprint density at radius 1 is 1.39 bits per heavy atom. The smallest absolute Gasteiger partial charge is 0.244 e. The molecule has 0 aliphatic carbocycles. The van der Waals surface area contributed by atoms with Gasteiger partial charge in [-0.1, -0.05) is 36.2 Å². The molecule has 1 aromatic carbocycles. The highest BCUT2D eigenvalue weighted by Crippen LogP contribution is 2.25. The topological polar surface area (TPSA) is 49.4 Å². The molecule has 0 heterocycles. The summed E-state index contributed by atoms with van der Waals surface area (Å²) in [5.41, 5.74) is 0.439. The first-order valence-electron chi connectivity index (χ1n) is 7.19. The first-order chi connectivity index (χ1) is 11.0. The highest BCUT2D eigenvalue weighted by molar-refractivity contribution is 8.00. The number of carbonyl (C=O) groups excluding carboxylic acids is 2. The molecule has 0 atom stereocenters. The van der Waals surface area contributed by atoms with Gasteiger partial charge in [0, 0.05) is 17.3 Å². The monoisotopic (exact) mass is 374 g/mol. The first-order valence-corrected chi connectivity index (χ1v) is 9.10. The van der Waals surface area contributed by atoms with Gasteiger partial charge >= 0.3 is 0 Å². The molecule has 0 saturated carbocycles. The minimum Gasteiger partial charge on any atom is -0.333 e. The van der Waals surface area contributed by atoms with Crippen LogP contribution in [-0.4, -0.2) is 41.3 Å². The second-order valence-electron chi connectivity index (χ2n) is 4.79. The molecule has 126 valence electrons. The van der Waals surface area contributed by atoms with Crippen molar-refractivity contribution < 1.29 is 9.59 Å². The zero-order valence-electron chi connectivity index (χ0n) is 13.0. The first kappa shape index (κ1) is 19.9. The van der Waals surface area contributed by atoms with Crippen LogP contribution in [0.15, 0.2) is 30.9 Å². The van der Waals surface area contributed by atoms with Crippen LogP contribution in [0.2, 0.25) is 10.0 Å². The Labute approximate surface area is 151 Å². The minimum absolute atomic E-state index is 0.00976. The van der Waals surface area contributed by atoms with Gasteiger partial charge in [0.05, 0.1) is 23.0 Å². The molecule has 23 heavy (non-hydrogen) atoms. The molecule has 0 unspecified atom stereocenters. The highest BCUT2D eigenvalue weighted by Gasteiger charge is 2.17. The van der Waals surface area contributed by atoms with E-state index in [4.69, 9.17) is 23.2 Å². The van der Waals surface area contributed by atoms with E-state index in [0.29, 0.717) is 33.8 Å². The van der Waals surface area contributed by atoms with E-state index < -0.39 is 0 Å². The molecular weight excluding hydrogens is 355 g/mol. The second kappa shape index (κ2) is 10.6. The third kappa shape index (κ3) is 7.29. The standard InChI is InChI=1S/C16H20Cl2N2O2S/c1-3-7-20(16(22)11-23-8-4-2)10-15(21)19-14-9-12(17)5-6-13(14)18/h4-6,9H,2-3,7-8,10-11H2,1H3,(H,19,21). The summed E-state index contributed by atoms with van der Waals surface area (Å²) in [5, 5.41) is 3.57. The van der Waals surface area contributed by atoms with Gasteiger partial charge in [0.25, 0.3) is 0 Å². The number of hydrogen-bond donors (Lipinski definition) is 1. The lowest BCUT2D eigenvalue weighted by Gasteiger charge is -2.21. The van der Waals surface area contributed by atoms with Crippen molar-refractivity contribution in [2.75, 3.05) is 29.9 Å². The lowest BCUT2D eigenvalue weighted by atomic mass is 10.3. The molecule has 0 aliphatic rings. The molecule has 0 aromatic heterocycles. The Morgan fingerprint density at radius 3 is 2.78 bits per heavy atom. The summed E-state index contributed by atoms with van der Waals surface area (Å²) in [5.74, 6) is 0.670. The van der Waals surface area contributed by atoms with E-state index >= 15 is 0 Å². The van der Waals surface area contributed by atoms with Gasteiger partial charge in [-0.15, -0.1) is 18.3 Å². The van der Waals surface area contributed by atoms with E-state index in [9.17, 15) is 9.59 Å². The predicted octanol–water partition coefficient (Wildman–Crippen LogP) is 4.09. The van der Waals surface area contributed by atoms with Crippen LogP contribution in [0.1, 0.15) is 13.3 Å². The summed E-state index contributed by atoms with van der Waals surface area (Å²) in [6, 6.07) is 4.83. The van der Waals surface area contributed by atoms with Crippen molar-refractivity contribution >= 4 is 52.5 Å². The Kier molecular flexibility index (Phi) is 9.14. The van der Waals surface area contributed by atoms with Gasteiger partial charge in [-0.25, -0.2) is 0 Å². The molecule has 1 rings (SSSR count). The number of anilines is 1. The van der Waals surface area contributed by atoms with E-state index in [-0.39, 0.29) is 18.4 Å². The van der Waals surface area contributed by atoms with Crippen molar-refractivity contribution in [2.45, 2.75) is 13.3 Å². The van der Waals surface area contributed by atoms with Crippen molar-refractivity contribution in [2.24, 2.45) is 0 Å². The predicted molar refractivity (Wildman–Crippen MR) is 99.5 cm³/mol. The van der Waals surface area contributed by atoms with Crippen molar-refractivity contribution in [1.82, 2.24) is 4.90 Å². The number of carbonyl (C=O) groups is 2. The molecule has 1 N–H and O–H groups in total. The molecule has 2 amide bonds. The highest BCUT2D eigenvalue weighted by atomic mass is 35.5. The minimum atomic E-state index is -0.301. The number of nitrogens with zero attached hydrogens (tertiary/aromatic N) is 1. The fourth-order valence-corrected chi connectivity index (χ4v) is 2.82. The van der Waals surface area contributed by atoms with Crippen LogP contribution < -0.4 is 5.32 Å². The molecule has 0 radical (unpaired) electrons. The fourth-order valence-electron chi connectivity index (χ4n) is 1.84. The van der Waals surface area contributed by atoms with E-state index in [1.54, 1.807) is 29.2 Å². The van der Waals surface area contributed by atoms with Crippen molar-refractivity contribution in [3.8, 4) is 0 Å². The normalized spacial score (nSPS) is 10.2. The van der Waals surface area contributed by atoms with Crippen LogP contribution in [0.25, 0.3) is 0 Å². The number of hydrogen-bond acceptors (Lipinski definition) is 3. The number of amides is 2. The lowest BCUT2D eigenvalue weighted by Crippen LogP contribution is -2.39. The van der Waals surface area contributed by atoms with Crippen LogP contribution in [0.4, 0.5) is 5.69 Å². The molecule has 0 fully saturated rings. The SMILES string of the molecule is C=CCSCC(=O)N(CCC)CC(=O)Nc1cc(Cl)ccc1Cl. The number of thioether (sulfide) groups is 1. The zero-order chi connectivity index (χ0) is 17.2. The molecule has 7 heteroatoms. The van der Waals surface area contributed by atoms with Crippen molar-refractivity contribution in [3.63, 3.8) is 0 Å². The number of halogens is 2. The maximum atomic E-state index is 12.2. The average molecular weight is 375 g/mol. The molecule has 0 spiro atoms. The maximum absolute atomic E-state index is 12.2. The van der Waals surface area contributed by atoms with Gasteiger partial charge in [-0.3, -0.25) is 9.59 Å². The quantitative estimate of drug-likeness (QED) is 0.523. The summed E-state index contributed by atoms with van der Waals surface area (Å²) in [6.07, 6.45) is 2.53. The van der Waals surface area contributed by atoms with Gasteiger partial charge in [-0.2, -0.15) is 0 Å². The Morgan fingerprint density at radius 2 is 2.13 bits per heavy atom. The second-order valence-corrected chi connectivity index (χ2v) is 6.67. The fraction of sp³-hybridized carbons (Fsp3) is 0.375. The summed E-state index contributed by atoms with van der Waals surface area (Å²) in [6.45, 7) is 6.10. The van der Waals surface area contributed by atoms with Gasteiger partial charge in [-0.05, 0) is 24.6 Å². The summed E-state index contributed by atoms with van der Waals surface area (Å²) >= 11 is 13.4. The van der Waals surface area contributed by atoms with Crippen LogP contribution in [0, 0.1) is 0 Å². The molecule has 1 aromatic rings. The van der Waals surface area contributed by atoms with E-state index in [1.165, 1.54) is 11.8 Å². The van der Waals surface area contributed by atoms with E-state index in [2.05, 4.69) is 11.9 Å². The van der Waals surface area contributed by atoms with Crippen LogP contribution in [0.3, 0.4) is 0 Å². The molecular formula is C16H20Cl2N2O2S. The third-order valence-corrected chi connectivity index (χ3v) is 4.33. The van der Waals surface area contributed by atoms with Crippen molar-refractivity contribution in [3.05, 3.63) is 40.9 Å². The van der Waals surface area contributed by atoms with Gasteiger partial charge in [0.15, 0.2) is 0 Å². The average Bonchev–Trinajstić information content (AvgIpc) is 2.50. The van der Waals surface area contributed by atoms with Gasteiger partial charge in [0.2, 0.25) is 11.8 Å². The zero-order valence-corrected chi connectivity index (χ0v) is 15.3.